The van der Waals surface area contributed by atoms with Gasteiger partial charge in [-0.25, -0.2) is 4.39 Å². The van der Waals surface area contributed by atoms with Crippen molar-refractivity contribution in [3.63, 3.8) is 0 Å². The van der Waals surface area contributed by atoms with E-state index in [1.807, 2.05) is 6.92 Å². The van der Waals surface area contributed by atoms with Gasteiger partial charge in [-0.1, -0.05) is 24.6 Å². The summed E-state index contributed by atoms with van der Waals surface area (Å²) in [6, 6.07) is 3.76. The Hall–Kier alpha value is -1.41. The fourth-order valence-corrected chi connectivity index (χ4v) is 4.98. The lowest BCUT2D eigenvalue weighted by Crippen LogP contribution is -2.69. The average Bonchev–Trinajstić information content (AvgIpc) is 2.62. The van der Waals surface area contributed by atoms with E-state index in [1.165, 1.54) is 12.1 Å². The van der Waals surface area contributed by atoms with Crippen LogP contribution < -0.4 is 5.32 Å². The third-order valence-electron chi connectivity index (χ3n) is 6.00. The number of alkyl halides is 1. The van der Waals surface area contributed by atoms with Gasteiger partial charge in [-0.3, -0.25) is 14.9 Å². The first-order valence-electron chi connectivity index (χ1n) is 9.84. The molecule has 9 heteroatoms. The summed E-state index contributed by atoms with van der Waals surface area (Å²) >= 11 is 12.1. The quantitative estimate of drug-likeness (QED) is 0.724. The average molecular weight is 444 g/mol. The van der Waals surface area contributed by atoms with Crippen LogP contribution in [0.25, 0.3) is 0 Å². The van der Waals surface area contributed by atoms with Gasteiger partial charge in [-0.2, -0.15) is 0 Å². The number of halogens is 3. The van der Waals surface area contributed by atoms with Gasteiger partial charge in [0.2, 0.25) is 11.8 Å². The van der Waals surface area contributed by atoms with E-state index in [1.54, 1.807) is 15.9 Å². The fourth-order valence-electron chi connectivity index (χ4n) is 4.40. The Morgan fingerprint density at radius 3 is 2.69 bits per heavy atom. The third-order valence-corrected chi connectivity index (χ3v) is 6.62. The molecular weight excluding hydrogens is 420 g/mol. The highest BCUT2D eigenvalue weighted by Crippen LogP contribution is 2.31. The lowest BCUT2D eigenvalue weighted by atomic mass is 9.90. The number of carbonyl (C=O) groups is 2. The minimum atomic E-state index is -0.600. The number of nitrogens with zero attached hydrogens (tertiary/aromatic N) is 2. The van der Waals surface area contributed by atoms with Gasteiger partial charge < -0.3 is 14.5 Å². The second kappa shape index (κ2) is 8.38. The highest BCUT2D eigenvalue weighted by atomic mass is 35.5. The molecule has 0 spiro atoms. The maximum atomic E-state index is 13.5. The van der Waals surface area contributed by atoms with Crippen LogP contribution in [0.5, 0.6) is 0 Å². The predicted molar refractivity (Wildman–Crippen MR) is 107 cm³/mol. The van der Waals surface area contributed by atoms with E-state index in [-0.39, 0.29) is 53.3 Å². The number of piperidine rings is 1. The highest BCUT2D eigenvalue weighted by Gasteiger charge is 2.49. The predicted octanol–water partition coefficient (Wildman–Crippen LogP) is 2.23. The number of carbonyl (C=O) groups excluding carboxylic acids is 2. The molecule has 3 heterocycles. The maximum Gasteiger partial charge on any atom is 0.247 e. The summed E-state index contributed by atoms with van der Waals surface area (Å²) < 4.78 is 18.8. The van der Waals surface area contributed by atoms with Crippen LogP contribution in [0.15, 0.2) is 18.2 Å². The number of hydrogen-bond donors (Lipinski definition) is 1. The van der Waals surface area contributed by atoms with Gasteiger partial charge in [0.1, 0.15) is 18.4 Å². The normalized spacial score (nSPS) is 31.2. The van der Waals surface area contributed by atoms with Crippen molar-refractivity contribution in [3.05, 3.63) is 34.6 Å². The van der Waals surface area contributed by atoms with Crippen molar-refractivity contribution in [1.29, 1.82) is 0 Å². The third kappa shape index (κ3) is 4.10. The van der Waals surface area contributed by atoms with Gasteiger partial charge in [0.15, 0.2) is 0 Å². The second-order valence-corrected chi connectivity index (χ2v) is 9.17. The largest absolute Gasteiger partial charge is 0.380 e. The molecule has 3 aliphatic rings. The van der Waals surface area contributed by atoms with Crippen LogP contribution in [-0.4, -0.2) is 65.5 Å². The van der Waals surface area contributed by atoms with Crippen molar-refractivity contribution < 1.29 is 18.7 Å². The van der Waals surface area contributed by atoms with Gasteiger partial charge in [-0.15, -0.1) is 11.6 Å². The van der Waals surface area contributed by atoms with E-state index in [0.29, 0.717) is 25.3 Å². The Morgan fingerprint density at radius 2 is 2.07 bits per heavy atom. The molecule has 0 radical (unpaired) electrons. The molecule has 0 aromatic heterocycles. The smallest absolute Gasteiger partial charge is 0.247 e. The topological polar surface area (TPSA) is 61.9 Å². The molecule has 3 fully saturated rings. The van der Waals surface area contributed by atoms with Crippen LogP contribution in [-0.2, 0) is 20.9 Å². The van der Waals surface area contributed by atoms with Gasteiger partial charge in [0, 0.05) is 24.4 Å². The molecule has 0 saturated carbocycles. The summed E-state index contributed by atoms with van der Waals surface area (Å²) in [7, 11) is 0. The fraction of sp³-hybridized carbons (Fsp3) is 0.600. The standard InChI is InChI=1S/C20H24Cl2FN3O3/c1-11-4-14(21)6-24-19(11)26-8-17(27)25(18(20(26)28)13-9-29-10-13)7-12-2-3-16(23)15(22)5-12/h2-3,5,11,13-14,18-19,24H,4,6-10H2,1H3. The zero-order valence-corrected chi connectivity index (χ0v) is 17.6. The van der Waals surface area contributed by atoms with Crippen LogP contribution in [0, 0.1) is 17.7 Å². The summed E-state index contributed by atoms with van der Waals surface area (Å²) in [4.78, 5) is 29.8. The number of hydrogen-bond acceptors (Lipinski definition) is 4. The monoisotopic (exact) mass is 443 g/mol. The minimum Gasteiger partial charge on any atom is -0.380 e. The first-order valence-corrected chi connectivity index (χ1v) is 10.7. The van der Waals surface area contributed by atoms with E-state index < -0.39 is 11.9 Å². The Morgan fingerprint density at radius 1 is 1.31 bits per heavy atom. The Labute approximate surface area is 179 Å². The van der Waals surface area contributed by atoms with Gasteiger partial charge in [0.25, 0.3) is 0 Å². The molecule has 158 valence electrons. The lowest BCUT2D eigenvalue weighted by Gasteiger charge is -2.49. The van der Waals surface area contributed by atoms with Crippen molar-refractivity contribution in [2.45, 2.75) is 37.5 Å². The van der Waals surface area contributed by atoms with Crippen molar-refractivity contribution >= 4 is 35.0 Å². The molecule has 4 rings (SSSR count). The Bertz CT molecular complexity index is 807. The maximum absolute atomic E-state index is 13.5. The van der Waals surface area contributed by atoms with Crippen LogP contribution in [0.2, 0.25) is 5.02 Å². The number of benzene rings is 1. The van der Waals surface area contributed by atoms with Crippen LogP contribution in [0.3, 0.4) is 0 Å². The molecular formula is C20H24Cl2FN3O3. The summed E-state index contributed by atoms with van der Waals surface area (Å²) in [5.74, 6) is -0.637. The molecule has 3 aliphatic heterocycles. The summed E-state index contributed by atoms with van der Waals surface area (Å²) in [5, 5.41) is 3.35. The summed E-state index contributed by atoms with van der Waals surface area (Å²) in [6.07, 6.45) is 0.569. The zero-order chi connectivity index (χ0) is 20.7. The van der Waals surface area contributed by atoms with Crippen LogP contribution in [0.1, 0.15) is 18.9 Å². The summed E-state index contributed by atoms with van der Waals surface area (Å²) in [5.41, 5.74) is 0.686. The van der Waals surface area contributed by atoms with Crippen LogP contribution in [0.4, 0.5) is 4.39 Å². The zero-order valence-electron chi connectivity index (χ0n) is 16.1. The molecule has 3 saturated heterocycles. The number of nitrogens with one attached hydrogen (secondary N) is 1. The molecule has 1 aromatic rings. The molecule has 1 N–H and O–H groups in total. The molecule has 6 nitrogen and oxygen atoms in total. The highest BCUT2D eigenvalue weighted by molar-refractivity contribution is 6.30. The van der Waals surface area contributed by atoms with E-state index in [2.05, 4.69) is 5.32 Å². The number of rotatable bonds is 4. The SMILES string of the molecule is CC1CC(Cl)CNC1N1CC(=O)N(Cc2ccc(F)c(Cl)c2)C(C2COC2)C1=O. The number of ether oxygens (including phenoxy) is 1. The van der Waals surface area contributed by atoms with Crippen molar-refractivity contribution in [2.24, 2.45) is 11.8 Å². The second-order valence-electron chi connectivity index (χ2n) is 8.14. The van der Waals surface area contributed by atoms with Crippen molar-refractivity contribution in [3.8, 4) is 0 Å². The van der Waals surface area contributed by atoms with E-state index in [4.69, 9.17) is 27.9 Å². The van der Waals surface area contributed by atoms with Crippen molar-refractivity contribution in [1.82, 2.24) is 15.1 Å². The first-order chi connectivity index (χ1) is 13.8. The molecule has 2 amide bonds. The van der Waals surface area contributed by atoms with Gasteiger partial charge >= 0.3 is 0 Å². The minimum absolute atomic E-state index is 0.000650. The van der Waals surface area contributed by atoms with E-state index in [9.17, 15) is 14.0 Å². The summed E-state index contributed by atoms with van der Waals surface area (Å²) in [6.45, 7) is 3.73. The molecule has 29 heavy (non-hydrogen) atoms. The Kier molecular flexibility index (Phi) is 6.02. The lowest BCUT2D eigenvalue weighted by molar-refractivity contribution is -0.172. The van der Waals surface area contributed by atoms with E-state index in [0.717, 1.165) is 6.42 Å². The molecule has 0 bridgehead atoms. The van der Waals surface area contributed by atoms with Crippen molar-refractivity contribution in [2.75, 3.05) is 26.3 Å². The molecule has 0 aliphatic carbocycles. The molecule has 4 atom stereocenters. The first kappa shape index (κ1) is 20.8. The van der Waals surface area contributed by atoms with E-state index >= 15 is 0 Å². The van der Waals surface area contributed by atoms with Crippen LogP contribution >= 0.6 is 23.2 Å². The number of piperazine rings is 1. The van der Waals surface area contributed by atoms with Gasteiger partial charge in [-0.05, 0) is 30.0 Å². The number of amides is 2. The molecule has 4 unspecified atom stereocenters. The van der Waals surface area contributed by atoms with Gasteiger partial charge in [0.05, 0.1) is 24.4 Å². The Balaban J connectivity index is 1.58. The molecule has 1 aromatic carbocycles.